The van der Waals surface area contributed by atoms with Gasteiger partial charge in [0, 0.05) is 45.8 Å². The van der Waals surface area contributed by atoms with Crippen molar-refractivity contribution in [3.8, 4) is 0 Å². The Kier molecular flexibility index (Phi) is 39.0. The second kappa shape index (κ2) is 39.6. The van der Waals surface area contributed by atoms with Crippen molar-refractivity contribution in [2.24, 2.45) is 0 Å². The molecule has 5 nitrogen and oxygen atoms in total. The Morgan fingerprint density at radius 2 is 0.780 bits per heavy atom. The Bertz CT molecular complexity index is 643. The van der Waals surface area contributed by atoms with E-state index in [1.165, 1.54) is 193 Å². The van der Waals surface area contributed by atoms with Crippen molar-refractivity contribution in [3.63, 3.8) is 0 Å². The minimum atomic E-state index is 0. The van der Waals surface area contributed by atoms with E-state index in [0.29, 0.717) is 12.5 Å². The molecule has 0 aromatic carbocycles. The van der Waals surface area contributed by atoms with Crippen molar-refractivity contribution in [2.45, 2.75) is 221 Å². The SMILES string of the molecule is C.CCCCCCCCCCCCN(CCCCCCCCCCCC)CC(=O)N(CCCCCCCCCCCC)CCN1CCNCC1. The summed E-state index contributed by atoms with van der Waals surface area (Å²) < 4.78 is 0. The molecule has 0 aromatic rings. The van der Waals surface area contributed by atoms with Crippen molar-refractivity contribution in [1.29, 1.82) is 0 Å². The summed E-state index contributed by atoms with van der Waals surface area (Å²) in [5.74, 6) is 0.394. The molecular formula is C45H94N4O. The minimum Gasteiger partial charge on any atom is -0.340 e. The molecule has 0 atom stereocenters. The molecule has 5 heteroatoms. The molecule has 0 aromatic heterocycles. The number of piperazine rings is 1. The number of carbonyl (C=O) groups is 1. The van der Waals surface area contributed by atoms with Crippen LogP contribution in [0.1, 0.15) is 221 Å². The first-order valence-corrected chi connectivity index (χ1v) is 22.6. The minimum absolute atomic E-state index is 0. The van der Waals surface area contributed by atoms with Gasteiger partial charge in [-0.1, -0.05) is 202 Å². The normalized spacial score (nSPS) is 13.6. The van der Waals surface area contributed by atoms with Gasteiger partial charge in [-0.15, -0.1) is 0 Å². The van der Waals surface area contributed by atoms with Crippen LogP contribution < -0.4 is 5.32 Å². The number of unbranched alkanes of at least 4 members (excludes halogenated alkanes) is 27. The Balaban J connectivity index is 0.0000240. The number of amides is 1. The topological polar surface area (TPSA) is 38.8 Å². The molecule has 0 aliphatic carbocycles. The number of hydrogen-bond donors (Lipinski definition) is 1. The summed E-state index contributed by atoms with van der Waals surface area (Å²) in [5, 5.41) is 3.49. The van der Waals surface area contributed by atoms with E-state index in [1.54, 1.807) is 0 Å². The van der Waals surface area contributed by atoms with Gasteiger partial charge >= 0.3 is 0 Å². The molecule has 0 unspecified atom stereocenters. The van der Waals surface area contributed by atoms with Crippen LogP contribution >= 0.6 is 0 Å². The summed E-state index contributed by atoms with van der Waals surface area (Å²) in [5.41, 5.74) is 0. The predicted molar refractivity (Wildman–Crippen MR) is 225 cm³/mol. The van der Waals surface area contributed by atoms with Crippen LogP contribution in [-0.4, -0.2) is 86.1 Å². The summed E-state index contributed by atoms with van der Waals surface area (Å²) in [6, 6.07) is 0. The molecule has 1 amide bonds. The van der Waals surface area contributed by atoms with Crippen LogP contribution in [0.5, 0.6) is 0 Å². The van der Waals surface area contributed by atoms with E-state index in [2.05, 4.69) is 40.8 Å². The third-order valence-corrected chi connectivity index (χ3v) is 11.0. The van der Waals surface area contributed by atoms with E-state index in [4.69, 9.17) is 0 Å². The average molecular weight is 707 g/mol. The lowest BCUT2D eigenvalue weighted by molar-refractivity contribution is -0.132. The first-order valence-electron chi connectivity index (χ1n) is 22.6. The van der Waals surface area contributed by atoms with Crippen LogP contribution in [0.3, 0.4) is 0 Å². The fourth-order valence-electron chi connectivity index (χ4n) is 7.56. The maximum atomic E-state index is 13.9. The van der Waals surface area contributed by atoms with E-state index >= 15 is 0 Å². The van der Waals surface area contributed by atoms with Crippen molar-refractivity contribution in [3.05, 3.63) is 0 Å². The molecule has 0 spiro atoms. The smallest absolute Gasteiger partial charge is 0.236 e. The van der Waals surface area contributed by atoms with Crippen LogP contribution in [0.25, 0.3) is 0 Å². The van der Waals surface area contributed by atoms with Gasteiger partial charge in [-0.05, 0) is 32.4 Å². The summed E-state index contributed by atoms with van der Waals surface area (Å²) in [4.78, 5) is 21.3. The zero-order valence-electron chi connectivity index (χ0n) is 34.0. The average Bonchev–Trinajstić information content (AvgIpc) is 3.12. The zero-order valence-corrected chi connectivity index (χ0v) is 34.0. The lowest BCUT2D eigenvalue weighted by Crippen LogP contribution is -2.48. The third kappa shape index (κ3) is 32.0. The number of nitrogens with zero attached hydrogens (tertiary/aromatic N) is 3. The highest BCUT2D eigenvalue weighted by Gasteiger charge is 2.19. The van der Waals surface area contributed by atoms with Gasteiger partial charge in [0.1, 0.15) is 0 Å². The quantitative estimate of drug-likeness (QED) is 0.0649. The summed E-state index contributed by atoms with van der Waals surface area (Å²) >= 11 is 0. The van der Waals surface area contributed by atoms with Gasteiger partial charge in [-0.25, -0.2) is 0 Å². The third-order valence-electron chi connectivity index (χ3n) is 11.0. The second-order valence-corrected chi connectivity index (χ2v) is 15.8. The van der Waals surface area contributed by atoms with Gasteiger partial charge in [-0.2, -0.15) is 0 Å². The summed E-state index contributed by atoms with van der Waals surface area (Å²) in [6.07, 6.45) is 41.0. The molecule has 1 saturated heterocycles. The molecule has 1 heterocycles. The Morgan fingerprint density at radius 1 is 0.460 bits per heavy atom. The lowest BCUT2D eigenvalue weighted by Gasteiger charge is -2.32. The summed E-state index contributed by atoms with van der Waals surface area (Å²) in [7, 11) is 0. The van der Waals surface area contributed by atoms with E-state index < -0.39 is 0 Å². The second-order valence-electron chi connectivity index (χ2n) is 15.8. The van der Waals surface area contributed by atoms with Crippen LogP contribution in [0, 0.1) is 0 Å². The number of carbonyl (C=O) groups excluding carboxylic acids is 1. The van der Waals surface area contributed by atoms with Crippen molar-refractivity contribution in [2.75, 3.05) is 65.4 Å². The molecule has 0 bridgehead atoms. The maximum absolute atomic E-state index is 13.9. The van der Waals surface area contributed by atoms with E-state index in [-0.39, 0.29) is 7.43 Å². The van der Waals surface area contributed by atoms with Crippen molar-refractivity contribution in [1.82, 2.24) is 20.0 Å². The number of nitrogens with one attached hydrogen (secondary N) is 1. The van der Waals surface area contributed by atoms with Gasteiger partial charge in [-0.3, -0.25) is 14.6 Å². The molecule has 1 aliphatic rings. The standard InChI is InChI=1S/C44H90N4O.CH4/c1-4-7-10-13-16-19-22-25-28-31-36-47(37-32-29-26-23-20-17-14-11-8-5-2)43-44(49)48(42-41-46-39-34-45-35-40-46)38-33-30-27-24-21-18-15-12-9-6-3;/h45H,4-43H2,1-3H3;1H4. The lowest BCUT2D eigenvalue weighted by atomic mass is 10.1. The van der Waals surface area contributed by atoms with E-state index in [1.807, 2.05) is 0 Å². The van der Waals surface area contributed by atoms with Gasteiger partial charge in [0.25, 0.3) is 0 Å². The highest BCUT2D eigenvalue weighted by molar-refractivity contribution is 5.78. The molecule has 1 rings (SSSR count). The van der Waals surface area contributed by atoms with Gasteiger partial charge < -0.3 is 10.2 Å². The number of rotatable bonds is 38. The molecule has 50 heavy (non-hydrogen) atoms. The van der Waals surface area contributed by atoms with Crippen LogP contribution in [0.4, 0.5) is 0 Å². The van der Waals surface area contributed by atoms with Crippen LogP contribution in [-0.2, 0) is 4.79 Å². The van der Waals surface area contributed by atoms with E-state index in [9.17, 15) is 4.79 Å². The highest BCUT2D eigenvalue weighted by atomic mass is 16.2. The summed E-state index contributed by atoms with van der Waals surface area (Å²) in [6.45, 7) is 17.0. The maximum Gasteiger partial charge on any atom is 0.236 e. The fraction of sp³-hybridized carbons (Fsp3) is 0.978. The van der Waals surface area contributed by atoms with Gasteiger partial charge in [0.15, 0.2) is 0 Å². The molecule has 0 radical (unpaired) electrons. The van der Waals surface area contributed by atoms with Crippen LogP contribution in [0.15, 0.2) is 0 Å². The number of hydrogen-bond acceptors (Lipinski definition) is 4. The zero-order chi connectivity index (χ0) is 35.3. The Labute approximate surface area is 316 Å². The Morgan fingerprint density at radius 3 is 1.14 bits per heavy atom. The fourth-order valence-corrected chi connectivity index (χ4v) is 7.56. The van der Waals surface area contributed by atoms with Gasteiger partial charge in [0.05, 0.1) is 6.54 Å². The van der Waals surface area contributed by atoms with E-state index in [0.717, 1.165) is 58.9 Å². The first kappa shape index (κ1) is 49.4. The largest absolute Gasteiger partial charge is 0.340 e. The predicted octanol–water partition coefficient (Wildman–Crippen LogP) is 12.4. The Hall–Kier alpha value is -0.650. The first-order chi connectivity index (χ1) is 24.2. The highest BCUT2D eigenvalue weighted by Crippen LogP contribution is 2.15. The molecule has 1 fully saturated rings. The van der Waals surface area contributed by atoms with Crippen molar-refractivity contribution < 1.29 is 4.79 Å². The van der Waals surface area contributed by atoms with Gasteiger partial charge in [0.2, 0.25) is 5.91 Å². The molecule has 300 valence electrons. The monoisotopic (exact) mass is 707 g/mol. The molecule has 1 N–H and O–H groups in total. The van der Waals surface area contributed by atoms with Crippen LogP contribution in [0.2, 0.25) is 0 Å². The van der Waals surface area contributed by atoms with Crippen molar-refractivity contribution >= 4 is 5.91 Å². The molecular weight excluding hydrogens is 613 g/mol. The molecule has 1 aliphatic heterocycles. The molecule has 0 saturated carbocycles.